The number of imidazole rings is 1. The van der Waals surface area contributed by atoms with Crippen molar-refractivity contribution < 1.29 is 10.2 Å². The molecule has 0 amide bonds. The first kappa shape index (κ1) is 8.62. The van der Waals surface area contributed by atoms with Gasteiger partial charge >= 0.3 is 0 Å². The van der Waals surface area contributed by atoms with E-state index in [2.05, 4.69) is 9.97 Å². The smallest absolute Gasteiger partial charge is 0.275 e. The van der Waals surface area contributed by atoms with Crippen LogP contribution >= 0.6 is 0 Å². The van der Waals surface area contributed by atoms with Gasteiger partial charge in [-0.25, -0.2) is 0 Å². The van der Waals surface area contributed by atoms with Crippen molar-refractivity contribution in [2.75, 3.05) is 0 Å². The number of nitrogens with zero attached hydrogens (tertiary/aromatic N) is 1. The minimum atomic E-state index is -0.351. The number of aromatic hydroxyl groups is 2. The van der Waals surface area contributed by atoms with E-state index in [0.717, 1.165) is 5.56 Å². The lowest BCUT2D eigenvalue weighted by Gasteiger charge is -1.95. The van der Waals surface area contributed by atoms with Crippen LogP contribution in [0.3, 0.4) is 0 Å². The summed E-state index contributed by atoms with van der Waals surface area (Å²) < 4.78 is 0. The summed E-state index contributed by atoms with van der Waals surface area (Å²) in [6.07, 6.45) is 0.564. The Labute approximate surface area is 80.9 Å². The van der Waals surface area contributed by atoms with Crippen LogP contribution in [0.5, 0.6) is 11.8 Å². The van der Waals surface area contributed by atoms with Gasteiger partial charge in [-0.05, 0) is 5.56 Å². The van der Waals surface area contributed by atoms with E-state index in [1.807, 2.05) is 30.3 Å². The molecule has 1 aromatic carbocycles. The molecule has 2 aromatic rings. The molecule has 0 saturated heterocycles. The van der Waals surface area contributed by atoms with Crippen LogP contribution in [0.15, 0.2) is 30.3 Å². The Kier molecular flexibility index (Phi) is 2.10. The molecule has 0 unspecified atom stereocenters. The summed E-state index contributed by atoms with van der Waals surface area (Å²) in [5.41, 5.74) is 1.07. The van der Waals surface area contributed by atoms with E-state index in [0.29, 0.717) is 12.2 Å². The van der Waals surface area contributed by atoms with Gasteiger partial charge in [0.25, 0.3) is 11.8 Å². The molecule has 0 aliphatic rings. The molecule has 0 radical (unpaired) electrons. The van der Waals surface area contributed by atoms with Crippen molar-refractivity contribution in [1.29, 1.82) is 0 Å². The predicted molar refractivity (Wildman–Crippen MR) is 51.2 cm³/mol. The van der Waals surface area contributed by atoms with Gasteiger partial charge in [-0.3, -0.25) is 0 Å². The largest absolute Gasteiger partial charge is 0.491 e. The first-order valence-electron chi connectivity index (χ1n) is 4.26. The van der Waals surface area contributed by atoms with Crippen LogP contribution < -0.4 is 0 Å². The highest BCUT2D eigenvalue weighted by atomic mass is 16.3. The third-order valence-corrected chi connectivity index (χ3v) is 1.93. The van der Waals surface area contributed by atoms with Gasteiger partial charge in [0.05, 0.1) is 0 Å². The zero-order valence-electron chi connectivity index (χ0n) is 7.44. The van der Waals surface area contributed by atoms with Gasteiger partial charge in [0.1, 0.15) is 5.82 Å². The molecule has 3 N–H and O–H groups in total. The van der Waals surface area contributed by atoms with E-state index < -0.39 is 0 Å². The van der Waals surface area contributed by atoms with E-state index in [-0.39, 0.29) is 11.8 Å². The molecule has 0 aliphatic carbocycles. The van der Waals surface area contributed by atoms with Crippen LogP contribution in [0.4, 0.5) is 0 Å². The SMILES string of the molecule is Oc1nc(Cc2ccccc2)[nH]c1O. The Morgan fingerprint density at radius 1 is 1.14 bits per heavy atom. The Bertz CT molecular complexity index is 403. The number of hydrogen-bond donors (Lipinski definition) is 3. The quantitative estimate of drug-likeness (QED) is 0.670. The lowest BCUT2D eigenvalue weighted by atomic mass is 10.1. The number of nitrogens with one attached hydrogen (secondary N) is 1. The molecule has 1 heterocycles. The van der Waals surface area contributed by atoms with Gasteiger partial charge in [-0.1, -0.05) is 30.3 Å². The molecule has 2 rings (SSSR count). The van der Waals surface area contributed by atoms with E-state index in [9.17, 15) is 0 Å². The average molecular weight is 190 g/mol. The fourth-order valence-corrected chi connectivity index (χ4v) is 1.27. The van der Waals surface area contributed by atoms with E-state index >= 15 is 0 Å². The summed E-state index contributed by atoms with van der Waals surface area (Å²) >= 11 is 0. The summed E-state index contributed by atoms with van der Waals surface area (Å²) in [5.74, 6) is -0.0851. The second-order valence-electron chi connectivity index (χ2n) is 3.02. The standard InChI is InChI=1S/C10H10N2O2/c13-9-10(14)12-8(11-9)6-7-4-2-1-3-5-7/h1-5,13-14H,6H2,(H,11,12). The summed E-state index contributed by atoms with van der Waals surface area (Å²) in [5, 5.41) is 18.1. The Hall–Kier alpha value is -1.97. The van der Waals surface area contributed by atoms with Crippen molar-refractivity contribution in [2.45, 2.75) is 6.42 Å². The fraction of sp³-hybridized carbons (Fsp3) is 0.100. The molecule has 14 heavy (non-hydrogen) atoms. The molecule has 0 bridgehead atoms. The highest BCUT2D eigenvalue weighted by molar-refractivity contribution is 5.27. The summed E-state index contributed by atoms with van der Waals surface area (Å²) in [6.45, 7) is 0. The van der Waals surface area contributed by atoms with Crippen molar-refractivity contribution in [1.82, 2.24) is 9.97 Å². The number of rotatable bonds is 2. The molecule has 0 atom stereocenters. The molecular formula is C10H10N2O2. The lowest BCUT2D eigenvalue weighted by Crippen LogP contribution is -1.89. The molecule has 0 spiro atoms. The van der Waals surface area contributed by atoms with E-state index in [1.54, 1.807) is 0 Å². The molecule has 1 aromatic heterocycles. The first-order chi connectivity index (χ1) is 6.75. The number of H-pyrrole nitrogens is 1. The second-order valence-corrected chi connectivity index (χ2v) is 3.02. The van der Waals surface area contributed by atoms with Crippen LogP contribution in [0.1, 0.15) is 11.4 Å². The first-order valence-corrected chi connectivity index (χ1v) is 4.26. The minimum absolute atomic E-state index is 0.282. The van der Waals surface area contributed by atoms with Crippen LogP contribution in [-0.4, -0.2) is 20.2 Å². The highest BCUT2D eigenvalue weighted by Gasteiger charge is 2.06. The summed E-state index contributed by atoms with van der Waals surface area (Å²) in [6, 6.07) is 9.70. The topological polar surface area (TPSA) is 69.1 Å². The fourth-order valence-electron chi connectivity index (χ4n) is 1.27. The van der Waals surface area contributed by atoms with Crippen molar-refractivity contribution in [2.24, 2.45) is 0 Å². The third-order valence-electron chi connectivity index (χ3n) is 1.93. The van der Waals surface area contributed by atoms with E-state index in [1.165, 1.54) is 0 Å². The maximum absolute atomic E-state index is 9.05. The van der Waals surface area contributed by atoms with Crippen molar-refractivity contribution >= 4 is 0 Å². The summed E-state index contributed by atoms with van der Waals surface area (Å²) in [7, 11) is 0. The van der Waals surface area contributed by atoms with Crippen LogP contribution in [-0.2, 0) is 6.42 Å². The van der Waals surface area contributed by atoms with Crippen LogP contribution in [0, 0.1) is 0 Å². The molecule has 72 valence electrons. The molecule has 0 aliphatic heterocycles. The number of hydrogen-bond acceptors (Lipinski definition) is 3. The molecule has 4 nitrogen and oxygen atoms in total. The lowest BCUT2D eigenvalue weighted by molar-refractivity contribution is 0.386. The van der Waals surface area contributed by atoms with Crippen molar-refractivity contribution in [3.05, 3.63) is 41.7 Å². The average Bonchev–Trinajstić information content (AvgIpc) is 2.47. The third kappa shape index (κ3) is 1.69. The number of benzene rings is 1. The Balaban J connectivity index is 2.19. The monoisotopic (exact) mass is 190 g/mol. The second kappa shape index (κ2) is 3.41. The van der Waals surface area contributed by atoms with Gasteiger partial charge in [0.2, 0.25) is 0 Å². The maximum Gasteiger partial charge on any atom is 0.275 e. The molecule has 0 fully saturated rings. The molecular weight excluding hydrogens is 180 g/mol. The van der Waals surface area contributed by atoms with Gasteiger partial charge in [-0.2, -0.15) is 4.98 Å². The molecule has 4 heteroatoms. The van der Waals surface area contributed by atoms with Gasteiger partial charge in [-0.15, -0.1) is 0 Å². The molecule has 0 saturated carbocycles. The van der Waals surface area contributed by atoms with Gasteiger partial charge in [0.15, 0.2) is 0 Å². The minimum Gasteiger partial charge on any atom is -0.491 e. The number of aromatic amines is 1. The van der Waals surface area contributed by atoms with Crippen LogP contribution in [0.25, 0.3) is 0 Å². The zero-order valence-corrected chi connectivity index (χ0v) is 7.44. The Morgan fingerprint density at radius 2 is 1.86 bits per heavy atom. The highest BCUT2D eigenvalue weighted by Crippen LogP contribution is 2.20. The maximum atomic E-state index is 9.05. The van der Waals surface area contributed by atoms with E-state index in [4.69, 9.17) is 10.2 Å². The predicted octanol–water partition coefficient (Wildman–Crippen LogP) is 1.41. The van der Waals surface area contributed by atoms with Gasteiger partial charge in [0, 0.05) is 6.42 Å². The van der Waals surface area contributed by atoms with Gasteiger partial charge < -0.3 is 15.2 Å². The zero-order chi connectivity index (χ0) is 9.97. The van der Waals surface area contributed by atoms with Crippen LogP contribution in [0.2, 0.25) is 0 Å². The van der Waals surface area contributed by atoms with Crippen molar-refractivity contribution in [3.63, 3.8) is 0 Å². The number of aromatic nitrogens is 2. The Morgan fingerprint density at radius 3 is 2.43 bits per heavy atom. The summed E-state index contributed by atoms with van der Waals surface area (Å²) in [4.78, 5) is 6.34. The normalized spacial score (nSPS) is 10.3. The van der Waals surface area contributed by atoms with Crippen molar-refractivity contribution in [3.8, 4) is 11.8 Å².